The van der Waals surface area contributed by atoms with Crippen LogP contribution >= 0.6 is 0 Å². The number of hydrogen-bond acceptors (Lipinski definition) is 4. The molecule has 0 unspecified atom stereocenters. The average Bonchev–Trinajstić information content (AvgIpc) is 2.16. The van der Waals surface area contributed by atoms with Gasteiger partial charge in [-0.05, 0) is 13.3 Å². The maximum Gasteiger partial charge on any atom is 0.155 e. The number of nitrogens with zero attached hydrogens (tertiary/aromatic N) is 3. The van der Waals surface area contributed by atoms with Crippen molar-refractivity contribution in [1.29, 1.82) is 0 Å². The summed E-state index contributed by atoms with van der Waals surface area (Å²) in [5, 5.41) is 0. The molecule has 0 atom stereocenters. The monoisotopic (exact) mass is 180 g/mol. The van der Waals surface area contributed by atoms with Gasteiger partial charge in [0.05, 0.1) is 11.9 Å². The molecule has 13 heavy (non-hydrogen) atoms. The van der Waals surface area contributed by atoms with Crippen LogP contribution in [0.3, 0.4) is 0 Å². The smallest absolute Gasteiger partial charge is 0.155 e. The van der Waals surface area contributed by atoms with Crippen LogP contribution in [0.1, 0.15) is 20.3 Å². The van der Waals surface area contributed by atoms with E-state index in [1.54, 1.807) is 6.20 Å². The molecule has 1 aromatic rings. The number of aromatic nitrogens is 2. The fourth-order valence-electron chi connectivity index (χ4n) is 1.28. The maximum absolute atomic E-state index is 5.76. The minimum Gasteiger partial charge on any atom is -0.394 e. The van der Waals surface area contributed by atoms with Gasteiger partial charge in [0, 0.05) is 13.1 Å². The van der Waals surface area contributed by atoms with Gasteiger partial charge in [-0.1, -0.05) is 6.92 Å². The van der Waals surface area contributed by atoms with E-state index < -0.39 is 0 Å². The molecule has 0 aromatic carbocycles. The molecule has 0 aliphatic carbocycles. The van der Waals surface area contributed by atoms with Crippen molar-refractivity contribution in [2.24, 2.45) is 0 Å². The van der Waals surface area contributed by atoms with Crippen molar-refractivity contribution in [3.63, 3.8) is 0 Å². The minimum atomic E-state index is 0.651. The van der Waals surface area contributed by atoms with Gasteiger partial charge in [0.15, 0.2) is 5.82 Å². The molecule has 0 saturated heterocycles. The van der Waals surface area contributed by atoms with Crippen molar-refractivity contribution in [3.8, 4) is 0 Å². The highest BCUT2D eigenvalue weighted by molar-refractivity contribution is 5.60. The van der Waals surface area contributed by atoms with E-state index in [4.69, 9.17) is 5.73 Å². The second kappa shape index (κ2) is 4.64. The van der Waals surface area contributed by atoms with Gasteiger partial charge < -0.3 is 10.6 Å². The van der Waals surface area contributed by atoms with E-state index in [-0.39, 0.29) is 0 Å². The van der Waals surface area contributed by atoms with Gasteiger partial charge in [-0.3, -0.25) is 0 Å². The topological polar surface area (TPSA) is 55.0 Å². The number of nitrogens with two attached hydrogens (primary N) is 1. The number of hydrogen-bond donors (Lipinski definition) is 1. The molecule has 0 saturated carbocycles. The summed E-state index contributed by atoms with van der Waals surface area (Å²) < 4.78 is 0. The van der Waals surface area contributed by atoms with E-state index >= 15 is 0 Å². The van der Waals surface area contributed by atoms with Gasteiger partial charge in [-0.25, -0.2) is 9.97 Å². The predicted molar refractivity (Wildman–Crippen MR) is 54.6 cm³/mol. The number of anilines is 2. The minimum absolute atomic E-state index is 0.651. The summed E-state index contributed by atoms with van der Waals surface area (Å²) in [4.78, 5) is 10.2. The third kappa shape index (κ3) is 2.31. The molecule has 0 spiro atoms. The summed E-state index contributed by atoms with van der Waals surface area (Å²) in [6, 6.07) is 0. The SMILES string of the molecule is CCCN(CC)c1ncncc1N. The largest absolute Gasteiger partial charge is 0.394 e. The summed E-state index contributed by atoms with van der Waals surface area (Å²) in [5.74, 6) is 0.847. The van der Waals surface area contributed by atoms with Crippen molar-refractivity contribution < 1.29 is 0 Å². The zero-order valence-electron chi connectivity index (χ0n) is 8.20. The standard InChI is InChI=1S/C9H16N4/c1-3-5-13(4-2)9-8(10)6-11-7-12-9/h6-7H,3-5,10H2,1-2H3. The van der Waals surface area contributed by atoms with E-state index in [2.05, 4.69) is 28.7 Å². The Morgan fingerprint density at radius 3 is 2.77 bits per heavy atom. The van der Waals surface area contributed by atoms with Crippen LogP contribution in [0.15, 0.2) is 12.5 Å². The molecule has 0 radical (unpaired) electrons. The lowest BCUT2D eigenvalue weighted by molar-refractivity contribution is 0.778. The predicted octanol–water partition coefficient (Wildman–Crippen LogP) is 1.30. The van der Waals surface area contributed by atoms with E-state index in [1.807, 2.05) is 0 Å². The first-order chi connectivity index (χ1) is 6.29. The van der Waals surface area contributed by atoms with Crippen molar-refractivity contribution in [2.45, 2.75) is 20.3 Å². The molecule has 0 aliphatic heterocycles. The van der Waals surface area contributed by atoms with Gasteiger partial charge >= 0.3 is 0 Å². The molecular weight excluding hydrogens is 164 g/mol. The van der Waals surface area contributed by atoms with Crippen LogP contribution in [0.5, 0.6) is 0 Å². The highest BCUT2D eigenvalue weighted by Gasteiger charge is 2.07. The Morgan fingerprint density at radius 1 is 1.46 bits per heavy atom. The molecule has 1 heterocycles. The molecule has 1 rings (SSSR count). The van der Waals surface area contributed by atoms with Crippen molar-refractivity contribution in [1.82, 2.24) is 9.97 Å². The average molecular weight is 180 g/mol. The highest BCUT2D eigenvalue weighted by Crippen LogP contribution is 2.17. The fourth-order valence-corrected chi connectivity index (χ4v) is 1.28. The normalized spacial score (nSPS) is 10.0. The first-order valence-electron chi connectivity index (χ1n) is 4.60. The maximum atomic E-state index is 5.76. The Kier molecular flexibility index (Phi) is 3.49. The van der Waals surface area contributed by atoms with Gasteiger partial charge in [0.1, 0.15) is 6.33 Å². The first-order valence-corrected chi connectivity index (χ1v) is 4.60. The Bertz CT molecular complexity index is 262. The van der Waals surface area contributed by atoms with Crippen LogP contribution in [0, 0.1) is 0 Å². The van der Waals surface area contributed by atoms with Crippen molar-refractivity contribution in [2.75, 3.05) is 23.7 Å². The lowest BCUT2D eigenvalue weighted by Crippen LogP contribution is -2.25. The molecule has 0 amide bonds. The van der Waals surface area contributed by atoms with Gasteiger partial charge in [0.25, 0.3) is 0 Å². The first kappa shape index (κ1) is 9.77. The van der Waals surface area contributed by atoms with E-state index in [9.17, 15) is 0 Å². The quantitative estimate of drug-likeness (QED) is 0.758. The highest BCUT2D eigenvalue weighted by atomic mass is 15.2. The van der Waals surface area contributed by atoms with Crippen molar-refractivity contribution in [3.05, 3.63) is 12.5 Å². The summed E-state index contributed by atoms with van der Waals surface area (Å²) in [7, 11) is 0. The molecule has 0 aliphatic rings. The summed E-state index contributed by atoms with van der Waals surface area (Å²) in [6.07, 6.45) is 4.27. The van der Waals surface area contributed by atoms with Crippen LogP contribution in [-0.4, -0.2) is 23.1 Å². The molecule has 2 N–H and O–H groups in total. The fraction of sp³-hybridized carbons (Fsp3) is 0.556. The molecular formula is C9H16N4. The van der Waals surface area contributed by atoms with Crippen LogP contribution < -0.4 is 10.6 Å². The van der Waals surface area contributed by atoms with E-state index in [0.717, 1.165) is 25.3 Å². The second-order valence-corrected chi connectivity index (χ2v) is 2.88. The molecule has 72 valence electrons. The summed E-state index contributed by atoms with van der Waals surface area (Å²) >= 11 is 0. The van der Waals surface area contributed by atoms with Crippen LogP contribution in [0.2, 0.25) is 0 Å². The molecule has 0 fully saturated rings. The Morgan fingerprint density at radius 2 is 2.23 bits per heavy atom. The molecule has 4 nitrogen and oxygen atoms in total. The van der Waals surface area contributed by atoms with Crippen molar-refractivity contribution >= 4 is 11.5 Å². The van der Waals surface area contributed by atoms with E-state index in [1.165, 1.54) is 6.33 Å². The zero-order valence-corrected chi connectivity index (χ0v) is 8.20. The number of nitrogen functional groups attached to an aromatic ring is 1. The van der Waals surface area contributed by atoms with Gasteiger partial charge in [-0.15, -0.1) is 0 Å². The third-order valence-corrected chi connectivity index (χ3v) is 1.89. The lowest BCUT2D eigenvalue weighted by Gasteiger charge is -2.21. The number of rotatable bonds is 4. The Hall–Kier alpha value is -1.32. The Labute approximate surface area is 78.8 Å². The molecule has 4 heteroatoms. The third-order valence-electron chi connectivity index (χ3n) is 1.89. The zero-order chi connectivity index (χ0) is 9.68. The Balaban J connectivity index is 2.84. The second-order valence-electron chi connectivity index (χ2n) is 2.88. The van der Waals surface area contributed by atoms with Gasteiger partial charge in [0.2, 0.25) is 0 Å². The van der Waals surface area contributed by atoms with Crippen LogP contribution in [0.4, 0.5) is 11.5 Å². The summed E-state index contributed by atoms with van der Waals surface area (Å²) in [5.41, 5.74) is 6.41. The summed E-state index contributed by atoms with van der Waals surface area (Å²) in [6.45, 7) is 6.14. The van der Waals surface area contributed by atoms with Crippen LogP contribution in [0.25, 0.3) is 0 Å². The molecule has 0 bridgehead atoms. The lowest BCUT2D eigenvalue weighted by atomic mass is 10.3. The van der Waals surface area contributed by atoms with Crippen LogP contribution in [-0.2, 0) is 0 Å². The van der Waals surface area contributed by atoms with Gasteiger partial charge in [-0.2, -0.15) is 0 Å². The van der Waals surface area contributed by atoms with E-state index in [0.29, 0.717) is 5.69 Å². The molecule has 1 aromatic heterocycles.